The van der Waals surface area contributed by atoms with Crippen molar-refractivity contribution in [3.8, 4) is 0 Å². The van der Waals surface area contributed by atoms with Crippen LogP contribution in [0.1, 0.15) is 21.5 Å². The number of piperazine rings is 1. The van der Waals surface area contributed by atoms with E-state index in [0.717, 1.165) is 18.7 Å². The lowest BCUT2D eigenvalue weighted by atomic mass is 10.1. The highest BCUT2D eigenvalue weighted by molar-refractivity contribution is 5.94. The van der Waals surface area contributed by atoms with Gasteiger partial charge in [0.2, 0.25) is 0 Å². The maximum absolute atomic E-state index is 12.9. The third kappa shape index (κ3) is 4.90. The van der Waals surface area contributed by atoms with Gasteiger partial charge in [-0.15, -0.1) is 0 Å². The van der Waals surface area contributed by atoms with Crippen LogP contribution in [0.5, 0.6) is 0 Å². The number of carbonyl (C=O) groups excluding carboxylic acids is 1. The van der Waals surface area contributed by atoms with Gasteiger partial charge in [0.05, 0.1) is 6.04 Å². The second-order valence-corrected chi connectivity index (χ2v) is 6.91. The molecule has 0 spiro atoms. The van der Waals surface area contributed by atoms with Crippen molar-refractivity contribution in [2.24, 2.45) is 0 Å². The molecular weight excluding hydrogens is 329 g/mol. The summed E-state index contributed by atoms with van der Waals surface area (Å²) in [6.45, 7) is 2.86. The second kappa shape index (κ2) is 8.92. The zero-order chi connectivity index (χ0) is 18.4. The third-order valence-corrected chi connectivity index (χ3v) is 4.65. The first-order chi connectivity index (χ1) is 12.7. The van der Waals surface area contributed by atoms with Crippen LogP contribution in [0.4, 0.5) is 4.39 Å². The molecule has 0 radical (unpaired) electrons. The molecule has 2 aromatic rings. The van der Waals surface area contributed by atoms with Crippen LogP contribution in [0.15, 0.2) is 54.6 Å². The van der Waals surface area contributed by atoms with Gasteiger partial charge in [-0.25, -0.2) is 4.39 Å². The summed E-state index contributed by atoms with van der Waals surface area (Å²) in [5, 5.41) is 3.09. The second-order valence-electron chi connectivity index (χ2n) is 6.91. The van der Waals surface area contributed by atoms with Crippen molar-refractivity contribution >= 4 is 5.91 Å². The van der Waals surface area contributed by atoms with Gasteiger partial charge in [-0.3, -0.25) is 9.69 Å². The summed E-state index contributed by atoms with van der Waals surface area (Å²) in [7, 11) is 2.07. The Hall–Kier alpha value is -2.24. The first kappa shape index (κ1) is 18.5. The van der Waals surface area contributed by atoms with Crippen molar-refractivity contribution in [1.82, 2.24) is 15.1 Å². The van der Waals surface area contributed by atoms with Gasteiger partial charge in [-0.05, 0) is 30.3 Å². The van der Waals surface area contributed by atoms with Crippen molar-refractivity contribution in [2.75, 3.05) is 33.4 Å². The largest absolute Gasteiger partial charge is 0.336 e. The van der Waals surface area contributed by atoms with Crippen molar-refractivity contribution in [2.45, 2.75) is 19.1 Å². The summed E-state index contributed by atoms with van der Waals surface area (Å²) < 4.78 is 12.9. The van der Waals surface area contributed by atoms with E-state index >= 15 is 0 Å². The predicted octanol–water partition coefficient (Wildman–Crippen LogP) is 2.70. The molecule has 1 saturated heterocycles. The van der Waals surface area contributed by atoms with E-state index in [4.69, 9.17) is 0 Å². The Labute approximate surface area is 154 Å². The standard InChI is InChI=1S/C21H26FN3O/c1-24(14-17-6-3-2-4-7-17)15-18-8-5-9-19(12-18)21(26)25-11-10-23-20(13-22)16-25/h2-9,12,20,23H,10-11,13-16H2,1H3. The summed E-state index contributed by atoms with van der Waals surface area (Å²) in [5.41, 5.74) is 3.04. The minimum Gasteiger partial charge on any atom is -0.336 e. The van der Waals surface area contributed by atoms with Crippen LogP contribution in [-0.4, -0.2) is 55.1 Å². The number of amides is 1. The van der Waals surface area contributed by atoms with E-state index in [1.54, 1.807) is 4.90 Å². The fourth-order valence-corrected chi connectivity index (χ4v) is 3.36. The Balaban J connectivity index is 1.63. The first-order valence-electron chi connectivity index (χ1n) is 9.05. The molecule has 2 aromatic carbocycles. The number of rotatable bonds is 6. The number of nitrogens with zero attached hydrogens (tertiary/aromatic N) is 2. The molecule has 1 unspecified atom stereocenters. The molecule has 1 amide bonds. The predicted molar refractivity (Wildman–Crippen MR) is 102 cm³/mol. The molecular formula is C21H26FN3O. The average Bonchev–Trinajstić information content (AvgIpc) is 2.68. The lowest BCUT2D eigenvalue weighted by molar-refractivity contribution is 0.0692. The average molecular weight is 355 g/mol. The molecule has 0 aromatic heterocycles. The van der Waals surface area contributed by atoms with E-state index in [2.05, 4.69) is 29.4 Å². The summed E-state index contributed by atoms with van der Waals surface area (Å²) in [4.78, 5) is 16.7. The molecule has 1 heterocycles. The van der Waals surface area contributed by atoms with Crippen molar-refractivity contribution in [3.63, 3.8) is 0 Å². The minimum atomic E-state index is -0.450. The van der Waals surface area contributed by atoms with Gasteiger partial charge in [0.25, 0.3) is 5.91 Å². The molecule has 5 heteroatoms. The van der Waals surface area contributed by atoms with Crippen LogP contribution in [0.2, 0.25) is 0 Å². The molecule has 26 heavy (non-hydrogen) atoms. The van der Waals surface area contributed by atoms with Gasteiger partial charge in [0.15, 0.2) is 0 Å². The van der Waals surface area contributed by atoms with E-state index in [1.807, 2.05) is 42.5 Å². The molecule has 4 nitrogen and oxygen atoms in total. The number of halogens is 1. The molecule has 1 N–H and O–H groups in total. The smallest absolute Gasteiger partial charge is 0.253 e. The first-order valence-corrected chi connectivity index (χ1v) is 9.05. The number of benzene rings is 2. The fourth-order valence-electron chi connectivity index (χ4n) is 3.36. The monoisotopic (exact) mass is 355 g/mol. The Kier molecular flexibility index (Phi) is 6.36. The van der Waals surface area contributed by atoms with Gasteiger partial charge >= 0.3 is 0 Å². The van der Waals surface area contributed by atoms with Gasteiger partial charge in [-0.1, -0.05) is 42.5 Å². The summed E-state index contributed by atoms with van der Waals surface area (Å²) in [5.74, 6) is -0.0162. The maximum atomic E-state index is 12.9. The Morgan fingerprint density at radius 2 is 1.88 bits per heavy atom. The van der Waals surface area contributed by atoms with Crippen molar-refractivity contribution < 1.29 is 9.18 Å². The topological polar surface area (TPSA) is 35.6 Å². The number of hydrogen-bond donors (Lipinski definition) is 1. The highest BCUT2D eigenvalue weighted by atomic mass is 19.1. The number of carbonyl (C=O) groups is 1. The highest BCUT2D eigenvalue weighted by Crippen LogP contribution is 2.13. The molecule has 1 aliphatic rings. The quantitative estimate of drug-likeness (QED) is 0.865. The zero-order valence-corrected chi connectivity index (χ0v) is 15.2. The molecule has 0 saturated carbocycles. The highest BCUT2D eigenvalue weighted by Gasteiger charge is 2.24. The summed E-state index contributed by atoms with van der Waals surface area (Å²) in [6.07, 6.45) is 0. The Bertz CT molecular complexity index is 722. The lowest BCUT2D eigenvalue weighted by Gasteiger charge is -2.32. The van der Waals surface area contributed by atoms with Crippen molar-refractivity contribution in [1.29, 1.82) is 0 Å². The van der Waals surface area contributed by atoms with E-state index in [9.17, 15) is 9.18 Å². The summed E-state index contributed by atoms with van der Waals surface area (Å²) in [6, 6.07) is 17.8. The minimum absolute atomic E-state index is 0.0162. The molecule has 1 aliphatic heterocycles. The zero-order valence-electron chi connectivity index (χ0n) is 15.2. The van der Waals surface area contributed by atoms with Crippen LogP contribution in [0.3, 0.4) is 0 Å². The molecule has 3 rings (SSSR count). The van der Waals surface area contributed by atoms with Crippen LogP contribution >= 0.6 is 0 Å². The van der Waals surface area contributed by atoms with E-state index < -0.39 is 6.67 Å². The normalized spacial score (nSPS) is 17.5. The van der Waals surface area contributed by atoms with Crippen LogP contribution in [0.25, 0.3) is 0 Å². The van der Waals surface area contributed by atoms with Gasteiger partial charge < -0.3 is 10.2 Å². The van der Waals surface area contributed by atoms with Gasteiger partial charge in [-0.2, -0.15) is 0 Å². The van der Waals surface area contributed by atoms with Crippen LogP contribution < -0.4 is 5.32 Å². The maximum Gasteiger partial charge on any atom is 0.253 e. The third-order valence-electron chi connectivity index (χ3n) is 4.65. The molecule has 0 bridgehead atoms. The van der Waals surface area contributed by atoms with E-state index in [0.29, 0.717) is 25.2 Å². The molecule has 1 fully saturated rings. The van der Waals surface area contributed by atoms with Gasteiger partial charge in [0, 0.05) is 38.3 Å². The summed E-state index contributed by atoms with van der Waals surface area (Å²) >= 11 is 0. The Morgan fingerprint density at radius 1 is 1.15 bits per heavy atom. The van der Waals surface area contributed by atoms with Crippen molar-refractivity contribution in [3.05, 3.63) is 71.3 Å². The molecule has 0 aliphatic carbocycles. The Morgan fingerprint density at radius 3 is 2.65 bits per heavy atom. The van der Waals surface area contributed by atoms with Crippen LogP contribution in [-0.2, 0) is 13.1 Å². The SMILES string of the molecule is CN(Cc1ccccc1)Cc1cccc(C(=O)N2CCNC(CF)C2)c1. The number of nitrogens with one attached hydrogen (secondary N) is 1. The molecule has 138 valence electrons. The van der Waals surface area contributed by atoms with E-state index in [1.165, 1.54) is 5.56 Å². The number of alkyl halides is 1. The molecule has 1 atom stereocenters. The fraction of sp³-hybridized carbons (Fsp3) is 0.381. The van der Waals surface area contributed by atoms with Crippen LogP contribution in [0, 0.1) is 0 Å². The van der Waals surface area contributed by atoms with Gasteiger partial charge in [0.1, 0.15) is 6.67 Å². The lowest BCUT2D eigenvalue weighted by Crippen LogP contribution is -2.53. The van der Waals surface area contributed by atoms with E-state index in [-0.39, 0.29) is 11.9 Å². The number of hydrogen-bond acceptors (Lipinski definition) is 3.